The number of aromatic nitrogens is 3. The lowest BCUT2D eigenvalue weighted by molar-refractivity contribution is 0.0525. The lowest BCUT2D eigenvalue weighted by atomic mass is 10.4. The van der Waals surface area contributed by atoms with Crippen molar-refractivity contribution in [2.24, 2.45) is 0 Å². The fourth-order valence-electron chi connectivity index (χ4n) is 1.35. The van der Waals surface area contributed by atoms with Crippen LogP contribution in [0.2, 0.25) is 5.02 Å². The number of hydrogen-bond acceptors (Lipinski definition) is 4. The molecule has 0 N–H and O–H groups in total. The first-order valence-electron chi connectivity index (χ1n) is 5.16. The number of rotatable bonds is 3. The second-order valence-corrected chi connectivity index (χ2v) is 4.47. The predicted molar refractivity (Wildman–Crippen MR) is 70.0 cm³/mol. The van der Waals surface area contributed by atoms with E-state index in [0.29, 0.717) is 27.6 Å². The number of pyridine rings is 1. The highest BCUT2D eigenvalue weighted by molar-refractivity contribution is 9.10. The van der Waals surface area contributed by atoms with Crippen LogP contribution in [-0.2, 0) is 4.74 Å². The van der Waals surface area contributed by atoms with Gasteiger partial charge in [0.05, 0.1) is 11.6 Å². The first-order chi connectivity index (χ1) is 8.63. The molecule has 2 rings (SSSR count). The van der Waals surface area contributed by atoms with E-state index in [9.17, 15) is 4.79 Å². The van der Waals surface area contributed by atoms with Crippen molar-refractivity contribution in [2.75, 3.05) is 6.61 Å². The third kappa shape index (κ3) is 2.54. The average molecular weight is 331 g/mol. The number of nitrogens with zero attached hydrogens (tertiary/aromatic N) is 3. The van der Waals surface area contributed by atoms with Gasteiger partial charge in [-0.1, -0.05) is 11.6 Å². The zero-order valence-electron chi connectivity index (χ0n) is 9.43. The van der Waals surface area contributed by atoms with Gasteiger partial charge in [0, 0.05) is 12.4 Å². The Balaban J connectivity index is 2.41. The van der Waals surface area contributed by atoms with Gasteiger partial charge in [-0.05, 0) is 35.0 Å². The van der Waals surface area contributed by atoms with Gasteiger partial charge in [0.15, 0.2) is 5.82 Å². The maximum absolute atomic E-state index is 11.6. The lowest BCUT2D eigenvalue weighted by Gasteiger charge is -2.01. The van der Waals surface area contributed by atoms with Crippen LogP contribution in [0.4, 0.5) is 0 Å². The Morgan fingerprint density at radius 1 is 1.61 bits per heavy atom. The van der Waals surface area contributed by atoms with E-state index in [2.05, 4.69) is 26.0 Å². The Morgan fingerprint density at radius 2 is 2.39 bits per heavy atom. The molecule has 94 valence electrons. The summed E-state index contributed by atoms with van der Waals surface area (Å²) in [6, 6.07) is 3.42. The summed E-state index contributed by atoms with van der Waals surface area (Å²) in [5.41, 5.74) is 0.332. The quantitative estimate of drug-likeness (QED) is 0.812. The maximum Gasteiger partial charge on any atom is 0.342 e. The molecule has 0 aliphatic heterocycles. The standard InChI is InChI=1S/C11H9BrClN3O2/c1-2-18-11(17)7-6-16(15-9(7)12)10-8(13)4-3-5-14-10/h3-6H,2H2,1H3. The summed E-state index contributed by atoms with van der Waals surface area (Å²) in [6.45, 7) is 2.05. The molecule has 0 radical (unpaired) electrons. The molecule has 2 aromatic heterocycles. The molecule has 0 saturated heterocycles. The van der Waals surface area contributed by atoms with Crippen LogP contribution in [-0.4, -0.2) is 27.3 Å². The van der Waals surface area contributed by atoms with Crippen LogP contribution in [0.25, 0.3) is 5.82 Å². The first-order valence-corrected chi connectivity index (χ1v) is 6.33. The lowest BCUT2D eigenvalue weighted by Crippen LogP contribution is -2.04. The minimum atomic E-state index is -0.442. The van der Waals surface area contributed by atoms with E-state index in [0.717, 1.165) is 0 Å². The van der Waals surface area contributed by atoms with Crippen LogP contribution in [0.15, 0.2) is 29.1 Å². The minimum Gasteiger partial charge on any atom is -0.462 e. The summed E-state index contributed by atoms with van der Waals surface area (Å²) in [4.78, 5) is 15.7. The molecule has 0 aromatic carbocycles. The molecule has 2 heterocycles. The molecule has 0 aliphatic rings. The Hall–Kier alpha value is -1.40. The SMILES string of the molecule is CCOC(=O)c1cn(-c2ncccc2Cl)nc1Br. The monoisotopic (exact) mass is 329 g/mol. The van der Waals surface area contributed by atoms with Crippen LogP contribution in [0.5, 0.6) is 0 Å². The number of ether oxygens (including phenoxy) is 1. The molecule has 0 fully saturated rings. The van der Waals surface area contributed by atoms with Gasteiger partial charge in [-0.15, -0.1) is 0 Å². The highest BCUT2D eigenvalue weighted by Crippen LogP contribution is 2.21. The smallest absolute Gasteiger partial charge is 0.342 e. The second kappa shape index (κ2) is 5.49. The van der Waals surface area contributed by atoms with Gasteiger partial charge in [-0.25, -0.2) is 14.5 Å². The van der Waals surface area contributed by atoms with Crippen molar-refractivity contribution in [3.8, 4) is 5.82 Å². The maximum atomic E-state index is 11.6. The third-order valence-electron chi connectivity index (χ3n) is 2.12. The number of carbonyl (C=O) groups excluding carboxylic acids is 1. The predicted octanol–water partition coefficient (Wildman–Crippen LogP) is 2.86. The molecular weight excluding hydrogens is 321 g/mol. The highest BCUT2D eigenvalue weighted by Gasteiger charge is 2.17. The molecular formula is C11H9BrClN3O2. The van der Waals surface area contributed by atoms with E-state index in [1.54, 1.807) is 25.3 Å². The van der Waals surface area contributed by atoms with Gasteiger partial charge in [-0.3, -0.25) is 0 Å². The van der Waals surface area contributed by atoms with Crippen molar-refractivity contribution < 1.29 is 9.53 Å². The third-order valence-corrected chi connectivity index (χ3v) is 3.00. The van der Waals surface area contributed by atoms with Crippen LogP contribution < -0.4 is 0 Å². The summed E-state index contributed by atoms with van der Waals surface area (Å²) in [6.07, 6.45) is 3.12. The van der Waals surface area contributed by atoms with Crippen molar-refractivity contribution >= 4 is 33.5 Å². The minimum absolute atomic E-state index is 0.306. The summed E-state index contributed by atoms with van der Waals surface area (Å²) < 4.78 is 6.73. The summed E-state index contributed by atoms with van der Waals surface area (Å²) in [5, 5.41) is 4.58. The number of carbonyl (C=O) groups is 1. The van der Waals surface area contributed by atoms with E-state index in [1.165, 1.54) is 10.9 Å². The number of esters is 1. The van der Waals surface area contributed by atoms with E-state index >= 15 is 0 Å². The molecule has 0 spiro atoms. The molecule has 0 amide bonds. The van der Waals surface area contributed by atoms with Crippen LogP contribution in [0.1, 0.15) is 17.3 Å². The molecule has 0 bridgehead atoms. The molecule has 0 atom stereocenters. The van der Waals surface area contributed by atoms with E-state index in [-0.39, 0.29) is 0 Å². The van der Waals surface area contributed by atoms with Crippen molar-refractivity contribution in [2.45, 2.75) is 6.92 Å². The number of hydrogen-bond donors (Lipinski definition) is 0. The van der Waals surface area contributed by atoms with Crippen molar-refractivity contribution in [3.05, 3.63) is 39.7 Å². The van der Waals surface area contributed by atoms with Gasteiger partial charge in [0.1, 0.15) is 10.2 Å². The van der Waals surface area contributed by atoms with Crippen LogP contribution >= 0.6 is 27.5 Å². The zero-order valence-corrected chi connectivity index (χ0v) is 11.8. The largest absolute Gasteiger partial charge is 0.462 e. The summed E-state index contributed by atoms with van der Waals surface area (Å²) in [7, 11) is 0. The molecule has 0 aliphatic carbocycles. The van der Waals surface area contributed by atoms with Gasteiger partial charge in [0.2, 0.25) is 0 Å². The Kier molecular flexibility index (Phi) is 3.98. The average Bonchev–Trinajstić information content (AvgIpc) is 2.72. The van der Waals surface area contributed by atoms with E-state index in [1.807, 2.05) is 0 Å². The van der Waals surface area contributed by atoms with E-state index < -0.39 is 5.97 Å². The highest BCUT2D eigenvalue weighted by atomic mass is 79.9. The summed E-state index contributed by atoms with van der Waals surface area (Å²) >= 11 is 9.21. The topological polar surface area (TPSA) is 57.0 Å². The molecule has 0 unspecified atom stereocenters. The van der Waals surface area contributed by atoms with Crippen LogP contribution in [0, 0.1) is 0 Å². The molecule has 0 saturated carbocycles. The first kappa shape index (κ1) is 13.0. The van der Waals surface area contributed by atoms with Gasteiger partial charge in [0.25, 0.3) is 0 Å². The fraction of sp³-hybridized carbons (Fsp3) is 0.182. The Bertz CT molecular complexity index is 585. The van der Waals surface area contributed by atoms with Gasteiger partial charge >= 0.3 is 5.97 Å². The normalized spacial score (nSPS) is 10.4. The summed E-state index contributed by atoms with van der Waals surface area (Å²) in [5.74, 6) is 0.0121. The Labute approximate surface area is 117 Å². The van der Waals surface area contributed by atoms with Crippen LogP contribution in [0.3, 0.4) is 0 Å². The van der Waals surface area contributed by atoms with Crippen molar-refractivity contribution in [3.63, 3.8) is 0 Å². The molecule has 2 aromatic rings. The second-order valence-electron chi connectivity index (χ2n) is 3.31. The van der Waals surface area contributed by atoms with E-state index in [4.69, 9.17) is 16.3 Å². The van der Waals surface area contributed by atoms with Gasteiger partial charge in [-0.2, -0.15) is 5.10 Å². The van der Waals surface area contributed by atoms with Crippen molar-refractivity contribution in [1.29, 1.82) is 0 Å². The number of halogens is 2. The molecule has 18 heavy (non-hydrogen) atoms. The van der Waals surface area contributed by atoms with Gasteiger partial charge < -0.3 is 4.74 Å². The zero-order chi connectivity index (χ0) is 13.1. The molecule has 7 heteroatoms. The fourth-order valence-corrected chi connectivity index (χ4v) is 2.00. The molecule has 5 nitrogen and oxygen atoms in total. The Morgan fingerprint density at radius 3 is 3.06 bits per heavy atom. The van der Waals surface area contributed by atoms with Crippen molar-refractivity contribution in [1.82, 2.24) is 14.8 Å².